The Morgan fingerprint density at radius 2 is 2.32 bits per heavy atom. The molecule has 0 fully saturated rings. The highest BCUT2D eigenvalue weighted by Gasteiger charge is 2.28. The number of fused-ring (bicyclic) bond motifs is 1. The van der Waals surface area contributed by atoms with Crippen LogP contribution in [0.15, 0.2) is 48.0 Å². The fourth-order valence-electron chi connectivity index (χ4n) is 2.15. The molecule has 0 radical (unpaired) electrons. The molecule has 4 nitrogen and oxygen atoms in total. The number of isocyanates is 1. The lowest BCUT2D eigenvalue weighted by Crippen LogP contribution is -2.26. The van der Waals surface area contributed by atoms with Crippen LogP contribution in [-0.2, 0) is 14.3 Å². The third kappa shape index (κ3) is 2.87. The van der Waals surface area contributed by atoms with Crippen molar-refractivity contribution in [3.05, 3.63) is 54.1 Å². The molecule has 0 heterocycles. The normalized spacial score (nSPS) is 17.2. The van der Waals surface area contributed by atoms with Crippen LogP contribution < -0.4 is 0 Å². The lowest BCUT2D eigenvalue weighted by molar-refractivity contribution is -0.143. The van der Waals surface area contributed by atoms with Crippen molar-refractivity contribution in [3.63, 3.8) is 0 Å². The maximum absolute atomic E-state index is 11.3. The van der Waals surface area contributed by atoms with Crippen molar-refractivity contribution in [1.29, 1.82) is 0 Å². The third-order valence-corrected chi connectivity index (χ3v) is 3.01. The van der Waals surface area contributed by atoms with Gasteiger partial charge in [-0.1, -0.05) is 43.0 Å². The Bertz CT molecular complexity index is 571. The minimum absolute atomic E-state index is 0.0897. The molecule has 1 aliphatic carbocycles. The fourth-order valence-corrected chi connectivity index (χ4v) is 2.15. The molecule has 0 saturated carbocycles. The molecule has 19 heavy (non-hydrogen) atoms. The summed E-state index contributed by atoms with van der Waals surface area (Å²) in [5, 5.41) is 0. The molecular weight excluding hydrogens is 242 g/mol. The van der Waals surface area contributed by atoms with E-state index in [1.807, 2.05) is 36.4 Å². The van der Waals surface area contributed by atoms with Crippen molar-refractivity contribution < 1.29 is 14.3 Å². The van der Waals surface area contributed by atoms with Crippen molar-refractivity contribution in [1.82, 2.24) is 0 Å². The topological polar surface area (TPSA) is 55.7 Å². The molecule has 2 atom stereocenters. The van der Waals surface area contributed by atoms with Gasteiger partial charge in [0.1, 0.15) is 6.10 Å². The first kappa shape index (κ1) is 13.0. The summed E-state index contributed by atoms with van der Waals surface area (Å²) in [7, 11) is 0. The number of carbonyl (C=O) groups is 1. The smallest absolute Gasteiger partial charge is 0.330 e. The van der Waals surface area contributed by atoms with Crippen LogP contribution in [0.25, 0.3) is 6.08 Å². The Labute approximate surface area is 111 Å². The van der Waals surface area contributed by atoms with Crippen LogP contribution in [0.5, 0.6) is 0 Å². The van der Waals surface area contributed by atoms with Crippen molar-refractivity contribution in [2.24, 2.45) is 4.99 Å². The van der Waals surface area contributed by atoms with Crippen LogP contribution in [0, 0.1) is 0 Å². The second-order valence-corrected chi connectivity index (χ2v) is 4.13. The van der Waals surface area contributed by atoms with Gasteiger partial charge in [0.25, 0.3) is 0 Å². The number of carbonyl (C=O) groups excluding carboxylic acids is 2. The van der Waals surface area contributed by atoms with Gasteiger partial charge in [-0.25, -0.2) is 14.6 Å². The van der Waals surface area contributed by atoms with Crippen molar-refractivity contribution >= 4 is 18.1 Å². The summed E-state index contributed by atoms with van der Waals surface area (Å²) < 4.78 is 5.26. The van der Waals surface area contributed by atoms with Crippen LogP contribution in [0.1, 0.15) is 17.0 Å². The molecule has 0 saturated heterocycles. The molecular formula is C15H13NO3. The quantitative estimate of drug-likeness (QED) is 0.351. The Hall–Kier alpha value is -2.45. The zero-order chi connectivity index (χ0) is 13.7. The zero-order valence-corrected chi connectivity index (χ0v) is 10.3. The van der Waals surface area contributed by atoms with Crippen LogP contribution >= 0.6 is 0 Å². The molecule has 0 spiro atoms. The summed E-state index contributed by atoms with van der Waals surface area (Å²) in [6, 6.07) is 7.83. The van der Waals surface area contributed by atoms with Gasteiger partial charge in [0.15, 0.2) is 0 Å². The van der Waals surface area contributed by atoms with Crippen molar-refractivity contribution in [2.45, 2.75) is 12.0 Å². The highest BCUT2D eigenvalue weighted by molar-refractivity contribution is 5.81. The van der Waals surface area contributed by atoms with E-state index in [-0.39, 0.29) is 12.5 Å². The summed E-state index contributed by atoms with van der Waals surface area (Å²) in [4.78, 5) is 25.1. The molecule has 2 unspecified atom stereocenters. The summed E-state index contributed by atoms with van der Waals surface area (Å²) in [5.74, 6) is -0.624. The number of ether oxygens (including phenoxy) is 1. The van der Waals surface area contributed by atoms with E-state index in [0.29, 0.717) is 0 Å². The van der Waals surface area contributed by atoms with E-state index in [0.717, 1.165) is 17.2 Å². The predicted octanol–water partition coefficient (Wildman–Crippen LogP) is 2.23. The first-order valence-corrected chi connectivity index (χ1v) is 5.90. The largest absolute Gasteiger partial charge is 0.456 e. The molecule has 0 N–H and O–H groups in total. The summed E-state index contributed by atoms with van der Waals surface area (Å²) in [6.45, 7) is 3.45. The van der Waals surface area contributed by atoms with Crippen LogP contribution in [0.4, 0.5) is 0 Å². The number of esters is 1. The van der Waals surface area contributed by atoms with Gasteiger partial charge < -0.3 is 4.74 Å². The molecule has 0 aromatic heterocycles. The van der Waals surface area contributed by atoms with E-state index < -0.39 is 12.1 Å². The van der Waals surface area contributed by atoms with E-state index in [4.69, 9.17) is 4.74 Å². The van der Waals surface area contributed by atoms with Gasteiger partial charge in [0, 0.05) is 12.0 Å². The van der Waals surface area contributed by atoms with Gasteiger partial charge in [-0.3, -0.25) is 0 Å². The molecule has 0 aliphatic heterocycles. The highest BCUT2D eigenvalue weighted by Crippen LogP contribution is 2.33. The second kappa shape index (κ2) is 5.94. The zero-order valence-electron chi connectivity index (χ0n) is 10.3. The lowest BCUT2D eigenvalue weighted by Gasteiger charge is -2.21. The monoisotopic (exact) mass is 255 g/mol. The maximum atomic E-state index is 11.3. The highest BCUT2D eigenvalue weighted by atomic mass is 16.5. The third-order valence-electron chi connectivity index (χ3n) is 3.01. The molecule has 96 valence electrons. The van der Waals surface area contributed by atoms with Gasteiger partial charge in [0.2, 0.25) is 6.08 Å². The van der Waals surface area contributed by atoms with Crippen LogP contribution in [0.2, 0.25) is 0 Å². The van der Waals surface area contributed by atoms with E-state index in [1.54, 1.807) is 0 Å². The molecule has 4 heteroatoms. The average Bonchev–Trinajstić information content (AvgIpc) is 2.87. The maximum Gasteiger partial charge on any atom is 0.330 e. The summed E-state index contributed by atoms with van der Waals surface area (Å²) in [5.41, 5.74) is 2.15. The molecule has 2 rings (SSSR count). The SMILES string of the molecule is C=CC(=O)OC(CN=C=O)C1C=Cc2ccccc21. The average molecular weight is 255 g/mol. The lowest BCUT2D eigenvalue weighted by atomic mass is 9.95. The number of benzene rings is 1. The van der Waals surface area contributed by atoms with Crippen molar-refractivity contribution in [2.75, 3.05) is 6.54 Å². The van der Waals surface area contributed by atoms with Gasteiger partial charge in [-0.05, 0) is 11.1 Å². The van der Waals surface area contributed by atoms with Crippen molar-refractivity contribution in [3.8, 4) is 0 Å². The summed E-state index contributed by atoms with van der Waals surface area (Å²) in [6.07, 6.45) is 5.97. The second-order valence-electron chi connectivity index (χ2n) is 4.13. The van der Waals surface area contributed by atoms with E-state index >= 15 is 0 Å². The molecule has 1 aliphatic rings. The van der Waals surface area contributed by atoms with Crippen LogP contribution in [-0.4, -0.2) is 24.7 Å². The van der Waals surface area contributed by atoms with E-state index in [2.05, 4.69) is 11.6 Å². The Morgan fingerprint density at radius 1 is 1.53 bits per heavy atom. The first-order chi connectivity index (χ1) is 9.26. The van der Waals surface area contributed by atoms with Gasteiger partial charge >= 0.3 is 5.97 Å². The number of nitrogens with zero attached hydrogens (tertiary/aromatic N) is 1. The number of rotatable bonds is 5. The number of hydrogen-bond donors (Lipinski definition) is 0. The Balaban J connectivity index is 2.24. The minimum atomic E-state index is -0.524. The molecule has 1 aromatic carbocycles. The molecule has 0 bridgehead atoms. The Kier molecular flexibility index (Phi) is 4.06. The first-order valence-electron chi connectivity index (χ1n) is 5.90. The van der Waals surface area contributed by atoms with Crippen LogP contribution in [0.3, 0.4) is 0 Å². The molecule has 1 aromatic rings. The van der Waals surface area contributed by atoms with Gasteiger partial charge in [-0.2, -0.15) is 0 Å². The fraction of sp³-hybridized carbons (Fsp3) is 0.200. The number of aliphatic imine (C=N–C) groups is 1. The van der Waals surface area contributed by atoms with Gasteiger partial charge in [0.05, 0.1) is 6.54 Å². The standard InChI is InChI=1S/C15H13NO3/c1-2-15(18)19-14(9-16-10-17)13-8-7-11-5-3-4-6-12(11)13/h2-8,13-14H,1,9H2. The Morgan fingerprint density at radius 3 is 3.05 bits per heavy atom. The molecule has 0 amide bonds. The van der Waals surface area contributed by atoms with Gasteiger partial charge in [-0.15, -0.1) is 0 Å². The van der Waals surface area contributed by atoms with E-state index in [9.17, 15) is 9.59 Å². The summed E-state index contributed by atoms with van der Waals surface area (Å²) >= 11 is 0. The number of hydrogen-bond acceptors (Lipinski definition) is 4. The predicted molar refractivity (Wildman–Crippen MR) is 71.3 cm³/mol. The van der Waals surface area contributed by atoms with E-state index in [1.165, 1.54) is 6.08 Å². The minimum Gasteiger partial charge on any atom is -0.456 e.